The molecule has 0 amide bonds. The summed E-state index contributed by atoms with van der Waals surface area (Å²) in [6.07, 6.45) is 0.542. The molecule has 112 valence electrons. The lowest BCUT2D eigenvalue weighted by Gasteiger charge is -2.25. The maximum Gasteiger partial charge on any atom is 0.139 e. The summed E-state index contributed by atoms with van der Waals surface area (Å²) in [5.41, 5.74) is 8.00. The maximum absolute atomic E-state index is 9.07. The molecule has 0 bridgehead atoms. The molecule has 2 atom stereocenters. The largest absolute Gasteiger partial charge is 0.484 e. The van der Waals surface area contributed by atoms with Gasteiger partial charge in [-0.3, -0.25) is 0 Å². The van der Waals surface area contributed by atoms with E-state index < -0.39 is 0 Å². The molecule has 2 unspecified atom stereocenters. The molecule has 4 heteroatoms. The van der Waals surface area contributed by atoms with Crippen LogP contribution < -0.4 is 10.5 Å². The first-order valence-corrected chi connectivity index (χ1v) is 7.39. The van der Waals surface area contributed by atoms with E-state index in [-0.39, 0.29) is 18.8 Å². The summed E-state index contributed by atoms with van der Waals surface area (Å²) >= 11 is 6.06. The van der Waals surface area contributed by atoms with Gasteiger partial charge in [-0.05, 0) is 41.8 Å². The predicted molar refractivity (Wildman–Crippen MR) is 85.5 cm³/mol. The molecule has 0 saturated carbocycles. The fraction of sp³-hybridized carbons (Fsp3) is 0.294. The summed E-state index contributed by atoms with van der Waals surface area (Å²) in [5.74, 6) is 0.723. The summed E-state index contributed by atoms with van der Waals surface area (Å²) in [5, 5.41) is 9.74. The first kappa shape index (κ1) is 15.8. The second-order valence-electron chi connectivity index (χ2n) is 4.97. The Morgan fingerprint density at radius 1 is 1.19 bits per heavy atom. The van der Waals surface area contributed by atoms with Crippen LogP contribution in [0.5, 0.6) is 5.75 Å². The highest BCUT2D eigenvalue weighted by Gasteiger charge is 2.20. The molecule has 0 saturated heterocycles. The van der Waals surface area contributed by atoms with Gasteiger partial charge in [-0.25, -0.2) is 0 Å². The molecule has 0 aliphatic rings. The van der Waals surface area contributed by atoms with Gasteiger partial charge < -0.3 is 15.6 Å². The van der Waals surface area contributed by atoms with Crippen molar-refractivity contribution in [2.75, 3.05) is 0 Å². The Morgan fingerprint density at radius 2 is 1.90 bits per heavy atom. The van der Waals surface area contributed by atoms with Crippen LogP contribution in [0.1, 0.15) is 30.6 Å². The quantitative estimate of drug-likeness (QED) is 0.856. The van der Waals surface area contributed by atoms with E-state index in [1.54, 1.807) is 0 Å². The smallest absolute Gasteiger partial charge is 0.139 e. The zero-order valence-electron chi connectivity index (χ0n) is 12.0. The Balaban J connectivity index is 2.23. The number of aliphatic hydroxyl groups is 1. The summed E-state index contributed by atoms with van der Waals surface area (Å²) in [7, 11) is 0. The van der Waals surface area contributed by atoms with Crippen LogP contribution in [0.3, 0.4) is 0 Å². The van der Waals surface area contributed by atoms with Gasteiger partial charge >= 0.3 is 0 Å². The van der Waals surface area contributed by atoms with Gasteiger partial charge in [0.15, 0.2) is 0 Å². The van der Waals surface area contributed by atoms with Gasteiger partial charge in [0, 0.05) is 11.1 Å². The average Bonchev–Trinajstić information content (AvgIpc) is 2.52. The minimum Gasteiger partial charge on any atom is -0.484 e. The molecule has 0 fully saturated rings. The number of nitrogens with two attached hydrogens (primary N) is 1. The summed E-state index contributed by atoms with van der Waals surface area (Å²) in [6.45, 7) is 2.05. The molecule has 0 aliphatic carbocycles. The van der Waals surface area contributed by atoms with E-state index in [0.717, 1.165) is 23.3 Å². The van der Waals surface area contributed by atoms with Crippen LogP contribution in [-0.4, -0.2) is 11.1 Å². The minimum absolute atomic E-state index is 0.0203. The Hall–Kier alpha value is -1.55. The van der Waals surface area contributed by atoms with Crippen LogP contribution in [0.2, 0.25) is 5.02 Å². The van der Waals surface area contributed by atoms with E-state index in [1.807, 2.05) is 55.5 Å². The van der Waals surface area contributed by atoms with E-state index in [0.29, 0.717) is 5.02 Å². The highest BCUT2D eigenvalue weighted by molar-refractivity contribution is 6.30. The minimum atomic E-state index is -0.256. The molecule has 3 nitrogen and oxygen atoms in total. The highest BCUT2D eigenvalue weighted by Crippen LogP contribution is 2.27. The van der Waals surface area contributed by atoms with Crippen molar-refractivity contribution < 1.29 is 9.84 Å². The molecule has 0 heterocycles. The lowest BCUT2D eigenvalue weighted by atomic mass is 10.0. The van der Waals surface area contributed by atoms with Crippen LogP contribution in [0.25, 0.3) is 0 Å². The van der Waals surface area contributed by atoms with E-state index in [2.05, 4.69) is 0 Å². The van der Waals surface area contributed by atoms with Crippen molar-refractivity contribution in [3.63, 3.8) is 0 Å². The highest BCUT2D eigenvalue weighted by atomic mass is 35.5. The number of halogens is 1. The molecule has 0 radical (unpaired) electrons. The third-order valence-electron chi connectivity index (χ3n) is 3.41. The molecular weight excluding hydrogens is 286 g/mol. The number of ether oxygens (including phenoxy) is 1. The van der Waals surface area contributed by atoms with E-state index in [1.165, 1.54) is 0 Å². The second-order valence-corrected chi connectivity index (χ2v) is 5.40. The zero-order chi connectivity index (χ0) is 15.2. The molecule has 2 aromatic rings. The molecule has 0 aromatic heterocycles. The normalized spacial score (nSPS) is 13.7. The van der Waals surface area contributed by atoms with Crippen molar-refractivity contribution in [2.45, 2.75) is 32.1 Å². The Labute approximate surface area is 130 Å². The maximum atomic E-state index is 9.07. The van der Waals surface area contributed by atoms with Gasteiger partial charge in [0.1, 0.15) is 11.9 Å². The number of aliphatic hydroxyl groups excluding tert-OH is 1. The molecular formula is C17H20ClNO2. The van der Waals surface area contributed by atoms with Gasteiger partial charge in [0.05, 0.1) is 6.61 Å². The number of hydrogen-bond acceptors (Lipinski definition) is 3. The Morgan fingerprint density at radius 3 is 2.48 bits per heavy atom. The summed E-state index contributed by atoms with van der Waals surface area (Å²) in [4.78, 5) is 0. The average molecular weight is 306 g/mol. The van der Waals surface area contributed by atoms with Crippen LogP contribution in [0, 0.1) is 0 Å². The number of benzene rings is 2. The van der Waals surface area contributed by atoms with Gasteiger partial charge in [0.25, 0.3) is 0 Å². The van der Waals surface area contributed by atoms with Crippen LogP contribution in [0.4, 0.5) is 0 Å². The number of hydrogen-bond donors (Lipinski definition) is 2. The monoisotopic (exact) mass is 305 g/mol. The third kappa shape index (κ3) is 4.21. The summed E-state index contributed by atoms with van der Waals surface area (Å²) in [6, 6.07) is 14.8. The van der Waals surface area contributed by atoms with Gasteiger partial charge in [0.2, 0.25) is 0 Å². The first-order chi connectivity index (χ1) is 10.1. The van der Waals surface area contributed by atoms with Crippen molar-refractivity contribution in [3.8, 4) is 5.75 Å². The summed E-state index contributed by atoms with van der Waals surface area (Å²) < 4.78 is 6.04. The first-order valence-electron chi connectivity index (χ1n) is 7.01. The van der Waals surface area contributed by atoms with Gasteiger partial charge in [-0.1, -0.05) is 42.8 Å². The predicted octanol–water partition coefficient (Wildman–Crippen LogP) is 3.69. The molecule has 0 spiro atoms. The van der Waals surface area contributed by atoms with Crippen LogP contribution in [-0.2, 0) is 6.61 Å². The van der Waals surface area contributed by atoms with Crippen molar-refractivity contribution in [1.29, 1.82) is 0 Å². The SMILES string of the molecule is CCC(N)C(Oc1ccc(CO)cc1)c1cccc(Cl)c1. The van der Waals surface area contributed by atoms with Crippen LogP contribution in [0.15, 0.2) is 48.5 Å². The Kier molecular flexibility index (Phi) is 5.62. The molecule has 0 aliphatic heterocycles. The molecule has 2 aromatic carbocycles. The fourth-order valence-electron chi connectivity index (χ4n) is 2.12. The second kappa shape index (κ2) is 7.46. The van der Waals surface area contributed by atoms with Crippen molar-refractivity contribution >= 4 is 11.6 Å². The lowest BCUT2D eigenvalue weighted by Crippen LogP contribution is -2.31. The van der Waals surface area contributed by atoms with Crippen molar-refractivity contribution in [2.24, 2.45) is 5.73 Å². The van der Waals surface area contributed by atoms with E-state index in [9.17, 15) is 0 Å². The fourth-order valence-corrected chi connectivity index (χ4v) is 2.32. The zero-order valence-corrected chi connectivity index (χ0v) is 12.8. The van der Waals surface area contributed by atoms with E-state index in [4.69, 9.17) is 27.2 Å². The third-order valence-corrected chi connectivity index (χ3v) is 3.64. The number of rotatable bonds is 6. The Bertz CT molecular complexity index is 571. The van der Waals surface area contributed by atoms with Gasteiger partial charge in [-0.2, -0.15) is 0 Å². The van der Waals surface area contributed by atoms with E-state index >= 15 is 0 Å². The standard InChI is InChI=1S/C17H20ClNO2/c1-2-16(19)17(13-4-3-5-14(18)10-13)21-15-8-6-12(11-20)7-9-15/h3-10,16-17,20H,2,11,19H2,1H3. The van der Waals surface area contributed by atoms with Crippen molar-refractivity contribution in [3.05, 3.63) is 64.7 Å². The van der Waals surface area contributed by atoms with Crippen LogP contribution >= 0.6 is 11.6 Å². The topological polar surface area (TPSA) is 55.5 Å². The lowest BCUT2D eigenvalue weighted by molar-refractivity contribution is 0.171. The van der Waals surface area contributed by atoms with Crippen molar-refractivity contribution in [1.82, 2.24) is 0 Å². The molecule has 2 rings (SSSR count). The molecule has 21 heavy (non-hydrogen) atoms. The molecule has 3 N–H and O–H groups in total. The van der Waals surface area contributed by atoms with Gasteiger partial charge in [-0.15, -0.1) is 0 Å².